The van der Waals surface area contributed by atoms with Crippen molar-refractivity contribution in [3.05, 3.63) is 18.1 Å². The minimum atomic E-state index is -1.14. The number of rotatable bonds is 4. The molecule has 9 heteroatoms. The van der Waals surface area contributed by atoms with E-state index < -0.39 is 5.97 Å². The Bertz CT molecular complexity index is 704. The molecule has 0 aliphatic carbocycles. The van der Waals surface area contributed by atoms with Crippen molar-refractivity contribution in [2.45, 2.75) is 25.4 Å². The second-order valence-electron chi connectivity index (χ2n) is 4.98. The topological polar surface area (TPSA) is 115 Å². The quantitative estimate of drug-likeness (QED) is 0.795. The highest BCUT2D eigenvalue weighted by molar-refractivity contribution is 5.92. The normalized spacial score (nSPS) is 18.0. The molecular weight excluding hydrogens is 276 g/mol. The van der Waals surface area contributed by atoms with Gasteiger partial charge in [-0.2, -0.15) is 5.10 Å². The van der Waals surface area contributed by atoms with E-state index in [4.69, 9.17) is 0 Å². The highest BCUT2D eigenvalue weighted by Crippen LogP contribution is 2.23. The van der Waals surface area contributed by atoms with Crippen molar-refractivity contribution in [3.8, 4) is 11.3 Å². The molecule has 0 bridgehead atoms. The van der Waals surface area contributed by atoms with Crippen molar-refractivity contribution in [1.82, 2.24) is 30.1 Å². The van der Waals surface area contributed by atoms with E-state index in [0.29, 0.717) is 30.6 Å². The Balaban J connectivity index is 1.97. The highest BCUT2D eigenvalue weighted by Gasteiger charge is 2.26. The zero-order valence-electron chi connectivity index (χ0n) is 11.4. The largest absolute Gasteiger partial charge is 0.476 e. The number of hydrogen-bond donors (Lipinski definition) is 2. The van der Waals surface area contributed by atoms with Crippen molar-refractivity contribution < 1.29 is 14.7 Å². The molecule has 9 nitrogen and oxygen atoms in total. The van der Waals surface area contributed by atoms with Gasteiger partial charge in [0.25, 0.3) is 0 Å². The maximum atomic E-state index is 11.3. The first-order chi connectivity index (χ1) is 10.0. The van der Waals surface area contributed by atoms with Crippen LogP contribution in [0.4, 0.5) is 0 Å². The number of nitrogens with one attached hydrogen (secondary N) is 1. The standard InChI is InChI=1S/C12H14N6O3/c1-17-5-7(4-13-17)11-10(12(20)21)15-16-18(11)6-8-2-3-9(19)14-8/h4-5,8H,2-3,6H2,1H3,(H,14,19)(H,20,21). The minimum Gasteiger partial charge on any atom is -0.476 e. The first-order valence-electron chi connectivity index (χ1n) is 6.49. The van der Waals surface area contributed by atoms with E-state index in [-0.39, 0.29) is 17.6 Å². The maximum Gasteiger partial charge on any atom is 0.358 e. The van der Waals surface area contributed by atoms with Gasteiger partial charge in [-0.3, -0.25) is 9.48 Å². The van der Waals surface area contributed by atoms with Crippen LogP contribution in [-0.2, 0) is 18.4 Å². The lowest BCUT2D eigenvalue weighted by Crippen LogP contribution is -2.30. The molecule has 0 aromatic carbocycles. The lowest BCUT2D eigenvalue weighted by molar-refractivity contribution is -0.119. The summed E-state index contributed by atoms with van der Waals surface area (Å²) in [6.45, 7) is 0.385. The van der Waals surface area contributed by atoms with E-state index >= 15 is 0 Å². The van der Waals surface area contributed by atoms with Crippen LogP contribution < -0.4 is 5.32 Å². The van der Waals surface area contributed by atoms with Crippen LogP contribution >= 0.6 is 0 Å². The third-order valence-corrected chi connectivity index (χ3v) is 3.39. The van der Waals surface area contributed by atoms with Crippen LogP contribution in [0.2, 0.25) is 0 Å². The molecule has 3 rings (SSSR count). The molecule has 1 fully saturated rings. The molecule has 2 aromatic heterocycles. The molecule has 0 radical (unpaired) electrons. The Morgan fingerprint density at radius 2 is 2.38 bits per heavy atom. The highest BCUT2D eigenvalue weighted by atomic mass is 16.4. The summed E-state index contributed by atoms with van der Waals surface area (Å²) in [6.07, 6.45) is 4.45. The molecule has 3 heterocycles. The molecule has 21 heavy (non-hydrogen) atoms. The zero-order valence-corrected chi connectivity index (χ0v) is 11.4. The van der Waals surface area contributed by atoms with Crippen LogP contribution in [0.1, 0.15) is 23.3 Å². The first kappa shape index (κ1) is 13.3. The van der Waals surface area contributed by atoms with E-state index in [1.165, 1.54) is 4.68 Å². The monoisotopic (exact) mass is 290 g/mol. The fourth-order valence-electron chi connectivity index (χ4n) is 2.44. The number of carboxylic acids is 1. The lowest BCUT2D eigenvalue weighted by Gasteiger charge is -2.11. The number of nitrogens with zero attached hydrogens (tertiary/aromatic N) is 5. The number of carboxylic acid groups (broad SMARTS) is 1. The van der Waals surface area contributed by atoms with Crippen LogP contribution in [0.25, 0.3) is 11.3 Å². The van der Waals surface area contributed by atoms with Crippen LogP contribution in [0.15, 0.2) is 12.4 Å². The van der Waals surface area contributed by atoms with Crippen LogP contribution in [0, 0.1) is 0 Å². The van der Waals surface area contributed by atoms with E-state index in [2.05, 4.69) is 20.7 Å². The second kappa shape index (κ2) is 5.00. The summed E-state index contributed by atoms with van der Waals surface area (Å²) in [4.78, 5) is 22.5. The summed E-state index contributed by atoms with van der Waals surface area (Å²) in [6, 6.07) is -0.0590. The molecule has 1 amide bonds. The third-order valence-electron chi connectivity index (χ3n) is 3.39. The molecule has 1 aliphatic heterocycles. The van der Waals surface area contributed by atoms with Gasteiger partial charge in [-0.25, -0.2) is 9.48 Å². The number of amides is 1. The molecule has 1 unspecified atom stereocenters. The second-order valence-corrected chi connectivity index (χ2v) is 4.98. The summed E-state index contributed by atoms with van der Waals surface area (Å²) in [5, 5.41) is 23.7. The van der Waals surface area contributed by atoms with Crippen LogP contribution in [-0.4, -0.2) is 47.8 Å². The van der Waals surface area contributed by atoms with Crippen molar-refractivity contribution in [2.75, 3.05) is 0 Å². The molecule has 2 aromatic rings. The van der Waals surface area contributed by atoms with E-state index in [1.54, 1.807) is 24.1 Å². The van der Waals surface area contributed by atoms with Crippen molar-refractivity contribution >= 4 is 11.9 Å². The van der Waals surface area contributed by atoms with Gasteiger partial charge in [-0.05, 0) is 6.42 Å². The number of aromatic carboxylic acids is 1. The smallest absolute Gasteiger partial charge is 0.358 e. The fraction of sp³-hybridized carbons (Fsp3) is 0.417. The Labute approximate surface area is 119 Å². The third kappa shape index (κ3) is 2.49. The van der Waals surface area contributed by atoms with Gasteiger partial charge in [0.2, 0.25) is 5.91 Å². The molecule has 110 valence electrons. The Kier molecular flexibility index (Phi) is 3.16. The Morgan fingerprint density at radius 3 is 2.95 bits per heavy atom. The Hall–Kier alpha value is -2.71. The summed E-state index contributed by atoms with van der Waals surface area (Å²) in [5.41, 5.74) is 0.910. The molecule has 0 saturated carbocycles. The summed E-state index contributed by atoms with van der Waals surface area (Å²) in [5.74, 6) is -1.14. The SMILES string of the molecule is Cn1cc(-c2c(C(=O)O)nnn2CC2CCC(=O)N2)cn1. The number of aromatic nitrogens is 5. The number of aryl methyl sites for hydroxylation is 1. The Morgan fingerprint density at radius 1 is 1.57 bits per heavy atom. The van der Waals surface area contributed by atoms with Gasteiger partial charge in [-0.1, -0.05) is 5.21 Å². The van der Waals surface area contributed by atoms with E-state index in [9.17, 15) is 14.7 Å². The van der Waals surface area contributed by atoms with Gasteiger partial charge >= 0.3 is 5.97 Å². The number of carbonyl (C=O) groups is 2. The fourth-order valence-corrected chi connectivity index (χ4v) is 2.44. The van der Waals surface area contributed by atoms with Crippen LogP contribution in [0.5, 0.6) is 0 Å². The van der Waals surface area contributed by atoms with E-state index in [1.807, 2.05) is 0 Å². The molecule has 1 saturated heterocycles. The molecule has 2 N–H and O–H groups in total. The summed E-state index contributed by atoms with van der Waals surface area (Å²) < 4.78 is 3.09. The van der Waals surface area contributed by atoms with Gasteiger partial charge in [-0.15, -0.1) is 5.10 Å². The number of carbonyl (C=O) groups excluding carboxylic acids is 1. The van der Waals surface area contributed by atoms with Gasteiger partial charge in [0.15, 0.2) is 5.69 Å². The van der Waals surface area contributed by atoms with Gasteiger partial charge < -0.3 is 10.4 Å². The molecule has 1 aliphatic rings. The molecule has 1 atom stereocenters. The average molecular weight is 290 g/mol. The predicted octanol–water partition coefficient (Wildman–Crippen LogP) is -0.345. The molecule has 0 spiro atoms. The first-order valence-corrected chi connectivity index (χ1v) is 6.49. The van der Waals surface area contributed by atoms with Gasteiger partial charge in [0.1, 0.15) is 5.69 Å². The summed E-state index contributed by atoms with van der Waals surface area (Å²) in [7, 11) is 1.75. The minimum absolute atomic E-state index is 0.00139. The lowest BCUT2D eigenvalue weighted by atomic mass is 10.2. The molecular formula is C12H14N6O3. The van der Waals surface area contributed by atoms with Gasteiger partial charge in [0, 0.05) is 31.3 Å². The van der Waals surface area contributed by atoms with Crippen LogP contribution in [0.3, 0.4) is 0 Å². The summed E-state index contributed by atoms with van der Waals surface area (Å²) >= 11 is 0. The zero-order chi connectivity index (χ0) is 15.0. The van der Waals surface area contributed by atoms with E-state index in [0.717, 1.165) is 0 Å². The average Bonchev–Trinajstić information content (AvgIpc) is 3.10. The predicted molar refractivity (Wildman–Crippen MR) is 70.3 cm³/mol. The van der Waals surface area contributed by atoms with Gasteiger partial charge in [0.05, 0.1) is 12.7 Å². The van der Waals surface area contributed by atoms with Crippen molar-refractivity contribution in [1.29, 1.82) is 0 Å². The number of hydrogen-bond acceptors (Lipinski definition) is 5. The van der Waals surface area contributed by atoms with Crippen molar-refractivity contribution in [3.63, 3.8) is 0 Å². The van der Waals surface area contributed by atoms with Crippen molar-refractivity contribution in [2.24, 2.45) is 7.05 Å². The maximum absolute atomic E-state index is 11.3.